The van der Waals surface area contributed by atoms with Crippen molar-refractivity contribution in [2.24, 2.45) is 0 Å². The molecular formula is C33H36O2P2. The van der Waals surface area contributed by atoms with E-state index in [1.54, 1.807) is 0 Å². The van der Waals surface area contributed by atoms with E-state index in [-0.39, 0.29) is 23.5 Å². The fourth-order valence-corrected chi connectivity index (χ4v) is 10.9. The summed E-state index contributed by atoms with van der Waals surface area (Å²) < 4.78 is 13.6. The van der Waals surface area contributed by atoms with Gasteiger partial charge in [0, 0.05) is 11.3 Å². The predicted molar refractivity (Wildman–Crippen MR) is 161 cm³/mol. The molecule has 4 aromatic carbocycles. The van der Waals surface area contributed by atoms with Crippen molar-refractivity contribution in [1.29, 1.82) is 0 Å². The van der Waals surface area contributed by atoms with E-state index >= 15 is 0 Å². The molecule has 37 heavy (non-hydrogen) atoms. The van der Waals surface area contributed by atoms with Gasteiger partial charge in [-0.2, -0.15) is 0 Å². The molecule has 0 spiro atoms. The first-order valence-electron chi connectivity index (χ1n) is 13.1. The zero-order valence-corrected chi connectivity index (χ0v) is 23.9. The number of rotatable bonds is 8. The van der Waals surface area contributed by atoms with Gasteiger partial charge in [-0.05, 0) is 50.9 Å². The average molecular weight is 527 g/mol. The van der Waals surface area contributed by atoms with Gasteiger partial charge in [0.15, 0.2) is 5.79 Å². The van der Waals surface area contributed by atoms with Crippen LogP contribution in [0.3, 0.4) is 0 Å². The minimum absolute atomic E-state index is 0.0195. The lowest BCUT2D eigenvalue weighted by molar-refractivity contribution is -0.145. The Morgan fingerprint density at radius 1 is 0.486 bits per heavy atom. The fourth-order valence-electron chi connectivity index (χ4n) is 5.45. The summed E-state index contributed by atoms with van der Waals surface area (Å²) in [7, 11) is -1.28. The van der Waals surface area contributed by atoms with E-state index in [9.17, 15) is 0 Å². The molecular weight excluding hydrogens is 490 g/mol. The van der Waals surface area contributed by atoms with Crippen LogP contribution in [-0.2, 0) is 9.47 Å². The molecule has 190 valence electrons. The van der Waals surface area contributed by atoms with Crippen LogP contribution in [0.5, 0.6) is 0 Å². The summed E-state index contributed by atoms with van der Waals surface area (Å²) in [4.78, 5) is 0. The summed E-state index contributed by atoms with van der Waals surface area (Å²) >= 11 is 0. The highest BCUT2D eigenvalue weighted by Crippen LogP contribution is 2.51. The Kier molecular flexibility index (Phi) is 8.23. The maximum Gasteiger partial charge on any atom is 0.163 e. The second-order valence-corrected chi connectivity index (χ2v) is 15.3. The molecule has 0 radical (unpaired) electrons. The zero-order chi connectivity index (χ0) is 25.8. The molecule has 0 unspecified atom stereocenters. The number of ether oxygens (including phenoxy) is 2. The third-order valence-corrected chi connectivity index (χ3v) is 12.7. The van der Waals surface area contributed by atoms with Crippen LogP contribution in [0.1, 0.15) is 27.7 Å². The first-order valence-corrected chi connectivity index (χ1v) is 15.9. The van der Waals surface area contributed by atoms with Crippen molar-refractivity contribution in [2.45, 2.75) is 57.0 Å². The van der Waals surface area contributed by atoms with Crippen LogP contribution < -0.4 is 21.2 Å². The number of hydrogen-bond donors (Lipinski definition) is 0. The van der Waals surface area contributed by atoms with Gasteiger partial charge in [0.2, 0.25) is 0 Å². The number of benzene rings is 4. The summed E-state index contributed by atoms with van der Waals surface area (Å²) in [5, 5.41) is 5.52. The molecule has 1 fully saturated rings. The van der Waals surface area contributed by atoms with E-state index in [4.69, 9.17) is 9.47 Å². The predicted octanol–water partition coefficient (Wildman–Crippen LogP) is 6.55. The van der Waals surface area contributed by atoms with Crippen LogP contribution in [0.2, 0.25) is 0 Å². The van der Waals surface area contributed by atoms with Crippen LogP contribution in [0.4, 0.5) is 0 Å². The van der Waals surface area contributed by atoms with Crippen LogP contribution in [-0.4, -0.2) is 29.3 Å². The van der Waals surface area contributed by atoms with Gasteiger partial charge >= 0.3 is 0 Å². The Hall–Kier alpha value is -2.34. The Morgan fingerprint density at radius 2 is 0.730 bits per heavy atom. The van der Waals surface area contributed by atoms with Crippen LogP contribution in [0, 0.1) is 0 Å². The Labute approximate surface area is 224 Å². The summed E-state index contributed by atoms with van der Waals surface area (Å²) in [6, 6.07) is 43.8. The molecule has 0 saturated carbocycles. The number of hydrogen-bond acceptors (Lipinski definition) is 2. The molecule has 5 rings (SSSR count). The van der Waals surface area contributed by atoms with Crippen molar-refractivity contribution < 1.29 is 9.47 Å². The molecule has 4 aromatic rings. The van der Waals surface area contributed by atoms with Gasteiger partial charge in [0.1, 0.15) is 0 Å². The first-order chi connectivity index (χ1) is 17.9. The summed E-state index contributed by atoms with van der Waals surface area (Å²) in [5.41, 5.74) is 0.551. The van der Waals surface area contributed by atoms with E-state index in [1.165, 1.54) is 21.2 Å². The molecule has 4 atom stereocenters. The van der Waals surface area contributed by atoms with Crippen molar-refractivity contribution in [3.05, 3.63) is 121 Å². The van der Waals surface area contributed by atoms with Gasteiger partial charge in [-0.25, -0.2) is 0 Å². The van der Waals surface area contributed by atoms with Gasteiger partial charge in [0.05, 0.1) is 12.2 Å². The molecule has 1 aliphatic rings. The van der Waals surface area contributed by atoms with Crippen molar-refractivity contribution in [3.63, 3.8) is 0 Å². The second kappa shape index (κ2) is 11.6. The lowest BCUT2D eigenvalue weighted by Gasteiger charge is -2.36. The maximum absolute atomic E-state index is 6.79. The van der Waals surface area contributed by atoms with Crippen molar-refractivity contribution in [3.8, 4) is 0 Å². The normalized spacial score (nSPS) is 20.7. The molecule has 0 aromatic heterocycles. The van der Waals surface area contributed by atoms with Gasteiger partial charge < -0.3 is 9.47 Å². The minimum atomic E-state index is -0.642. The lowest BCUT2D eigenvalue weighted by atomic mass is 10.1. The Morgan fingerprint density at radius 3 is 0.973 bits per heavy atom. The van der Waals surface area contributed by atoms with Crippen molar-refractivity contribution >= 4 is 37.1 Å². The molecule has 0 amide bonds. The summed E-state index contributed by atoms with van der Waals surface area (Å²) in [5.74, 6) is -0.624. The molecule has 4 heteroatoms. The quantitative estimate of drug-likeness (QED) is 0.243. The Balaban J connectivity index is 1.55. The second-order valence-electron chi connectivity index (χ2n) is 10.1. The molecule has 1 heterocycles. The van der Waals surface area contributed by atoms with E-state index in [0.717, 1.165) is 0 Å². The molecule has 1 saturated heterocycles. The maximum atomic E-state index is 6.79. The highest BCUT2D eigenvalue weighted by molar-refractivity contribution is 7.74. The first kappa shape index (κ1) is 26.3. The van der Waals surface area contributed by atoms with Crippen LogP contribution >= 0.6 is 15.8 Å². The third-order valence-electron chi connectivity index (χ3n) is 7.07. The molecule has 2 nitrogen and oxygen atoms in total. The van der Waals surface area contributed by atoms with Gasteiger partial charge in [-0.3, -0.25) is 0 Å². The fraction of sp³-hybridized carbons (Fsp3) is 0.273. The molecule has 0 bridgehead atoms. The monoisotopic (exact) mass is 526 g/mol. The van der Waals surface area contributed by atoms with Gasteiger partial charge in [-0.15, -0.1) is 0 Å². The SMILES string of the molecule is C[C@H]([C@@H]1OC(C)(C)O[C@H]1[C@@H](C)P(c1ccccc1)c1ccccc1)P(c1ccccc1)c1ccccc1. The van der Waals surface area contributed by atoms with Crippen LogP contribution in [0.15, 0.2) is 121 Å². The van der Waals surface area contributed by atoms with E-state index in [1.807, 2.05) is 0 Å². The standard InChI is InChI=1S/C33H36O2P2/c1-25(36(27-17-9-5-10-18-27)28-19-11-6-12-20-28)31-32(35-33(3,4)34-31)26(2)37(29-21-13-7-14-22-29)30-23-15-8-16-24-30/h5-26,31-32H,1-4H3/t25-,26-,31+,32+/m1/s1. The summed E-state index contributed by atoms with van der Waals surface area (Å²) in [6.07, 6.45) is -0.0390. The van der Waals surface area contributed by atoms with E-state index in [0.29, 0.717) is 0 Å². The smallest absolute Gasteiger partial charge is 0.163 e. The van der Waals surface area contributed by atoms with Gasteiger partial charge in [-0.1, -0.05) is 135 Å². The van der Waals surface area contributed by atoms with Crippen molar-refractivity contribution in [2.75, 3.05) is 0 Å². The van der Waals surface area contributed by atoms with Crippen molar-refractivity contribution in [1.82, 2.24) is 0 Å². The molecule has 0 N–H and O–H groups in total. The minimum Gasteiger partial charge on any atom is -0.344 e. The van der Waals surface area contributed by atoms with E-state index < -0.39 is 21.6 Å². The largest absolute Gasteiger partial charge is 0.344 e. The highest BCUT2D eigenvalue weighted by atomic mass is 31.1. The average Bonchev–Trinajstić information content (AvgIpc) is 3.27. The zero-order valence-electron chi connectivity index (χ0n) is 22.1. The van der Waals surface area contributed by atoms with Crippen LogP contribution in [0.25, 0.3) is 0 Å². The third kappa shape index (κ3) is 5.89. The molecule has 1 aliphatic heterocycles. The van der Waals surface area contributed by atoms with Gasteiger partial charge in [0.25, 0.3) is 0 Å². The lowest BCUT2D eigenvalue weighted by Crippen LogP contribution is -2.42. The van der Waals surface area contributed by atoms with E-state index in [2.05, 4.69) is 149 Å². The molecule has 0 aliphatic carbocycles. The topological polar surface area (TPSA) is 18.5 Å². The Bertz CT molecular complexity index is 1070. The summed E-state index contributed by atoms with van der Waals surface area (Å²) in [6.45, 7) is 8.88. The highest BCUT2D eigenvalue weighted by Gasteiger charge is 2.49.